The molecule has 1 saturated carbocycles. The van der Waals surface area contributed by atoms with E-state index in [0.717, 1.165) is 0 Å². The fourth-order valence-corrected chi connectivity index (χ4v) is 2.29. The molecule has 0 aromatic heterocycles. The van der Waals surface area contributed by atoms with Crippen LogP contribution in [0.3, 0.4) is 0 Å². The Morgan fingerprint density at radius 2 is 1.88 bits per heavy atom. The van der Waals surface area contributed by atoms with Gasteiger partial charge in [-0.1, -0.05) is 0 Å². The SMILES string of the molecule is CCOC1(OCC)CCC1(CO)NC(C)=O. The van der Waals surface area contributed by atoms with Crippen LogP contribution < -0.4 is 5.32 Å². The first-order chi connectivity index (χ1) is 7.56. The van der Waals surface area contributed by atoms with E-state index in [4.69, 9.17) is 9.47 Å². The predicted molar refractivity (Wildman–Crippen MR) is 58.9 cm³/mol. The van der Waals surface area contributed by atoms with Gasteiger partial charge < -0.3 is 19.9 Å². The first-order valence-electron chi connectivity index (χ1n) is 5.73. The molecule has 1 amide bonds. The summed E-state index contributed by atoms with van der Waals surface area (Å²) in [6.07, 6.45) is 1.36. The molecule has 1 aliphatic rings. The van der Waals surface area contributed by atoms with Gasteiger partial charge >= 0.3 is 0 Å². The molecular formula is C11H21NO4. The number of aliphatic hydroxyl groups excluding tert-OH is 1. The first-order valence-corrected chi connectivity index (χ1v) is 5.73. The number of nitrogens with one attached hydrogen (secondary N) is 1. The van der Waals surface area contributed by atoms with Crippen LogP contribution in [0.4, 0.5) is 0 Å². The van der Waals surface area contributed by atoms with Crippen LogP contribution in [0.15, 0.2) is 0 Å². The summed E-state index contributed by atoms with van der Waals surface area (Å²) in [4.78, 5) is 11.2. The zero-order valence-corrected chi connectivity index (χ0v) is 10.2. The Morgan fingerprint density at radius 1 is 1.31 bits per heavy atom. The smallest absolute Gasteiger partial charge is 0.217 e. The summed E-state index contributed by atoms with van der Waals surface area (Å²) in [6, 6.07) is 0. The second kappa shape index (κ2) is 5.12. The second-order valence-electron chi connectivity index (χ2n) is 4.04. The van der Waals surface area contributed by atoms with Gasteiger partial charge in [-0.3, -0.25) is 4.79 Å². The molecule has 5 nitrogen and oxygen atoms in total. The minimum atomic E-state index is -0.864. The molecule has 0 bridgehead atoms. The van der Waals surface area contributed by atoms with E-state index in [9.17, 15) is 9.90 Å². The van der Waals surface area contributed by atoms with Crippen LogP contribution in [0.1, 0.15) is 33.6 Å². The van der Waals surface area contributed by atoms with Crippen molar-refractivity contribution >= 4 is 5.91 Å². The maximum Gasteiger partial charge on any atom is 0.217 e. The Labute approximate surface area is 96.1 Å². The Kier molecular flexibility index (Phi) is 4.29. The van der Waals surface area contributed by atoms with E-state index in [2.05, 4.69) is 5.32 Å². The van der Waals surface area contributed by atoms with Gasteiger partial charge in [0.15, 0.2) is 5.79 Å². The van der Waals surface area contributed by atoms with Gasteiger partial charge in [-0.05, 0) is 20.3 Å². The number of ether oxygens (including phenoxy) is 2. The number of carbonyl (C=O) groups excluding carboxylic acids is 1. The lowest BCUT2D eigenvalue weighted by Crippen LogP contribution is -2.75. The highest BCUT2D eigenvalue weighted by Gasteiger charge is 2.62. The molecule has 0 aromatic carbocycles. The zero-order valence-electron chi connectivity index (χ0n) is 10.2. The van der Waals surface area contributed by atoms with Crippen molar-refractivity contribution in [2.24, 2.45) is 0 Å². The molecule has 0 spiro atoms. The fraction of sp³-hybridized carbons (Fsp3) is 0.909. The van der Waals surface area contributed by atoms with Gasteiger partial charge in [-0.15, -0.1) is 0 Å². The number of hydrogen-bond acceptors (Lipinski definition) is 4. The minimum absolute atomic E-state index is 0.174. The van der Waals surface area contributed by atoms with E-state index < -0.39 is 11.3 Å². The third-order valence-corrected chi connectivity index (χ3v) is 3.05. The average molecular weight is 231 g/mol. The lowest BCUT2D eigenvalue weighted by molar-refractivity contribution is -0.327. The molecule has 0 radical (unpaired) electrons. The number of carbonyl (C=O) groups is 1. The summed E-state index contributed by atoms with van der Waals surface area (Å²) >= 11 is 0. The average Bonchev–Trinajstić information content (AvgIpc) is 2.23. The summed E-state index contributed by atoms with van der Waals surface area (Å²) in [6.45, 7) is 5.97. The molecular weight excluding hydrogens is 210 g/mol. The molecule has 94 valence electrons. The maximum absolute atomic E-state index is 11.2. The highest BCUT2D eigenvalue weighted by molar-refractivity contribution is 5.74. The van der Waals surface area contributed by atoms with E-state index in [1.54, 1.807) is 0 Å². The van der Waals surface area contributed by atoms with Crippen LogP contribution in [-0.2, 0) is 14.3 Å². The highest BCUT2D eigenvalue weighted by atomic mass is 16.7. The number of hydrogen-bond donors (Lipinski definition) is 2. The highest BCUT2D eigenvalue weighted by Crippen LogP contribution is 2.46. The minimum Gasteiger partial charge on any atom is -0.394 e. The van der Waals surface area contributed by atoms with Crippen LogP contribution >= 0.6 is 0 Å². The third kappa shape index (κ3) is 2.07. The van der Waals surface area contributed by atoms with Gasteiger partial charge in [-0.25, -0.2) is 0 Å². The van der Waals surface area contributed by atoms with Crippen molar-refractivity contribution in [3.05, 3.63) is 0 Å². The molecule has 2 N–H and O–H groups in total. The van der Waals surface area contributed by atoms with E-state index in [-0.39, 0.29) is 12.5 Å². The molecule has 0 heterocycles. The van der Waals surface area contributed by atoms with E-state index in [1.807, 2.05) is 13.8 Å². The first kappa shape index (κ1) is 13.4. The van der Waals surface area contributed by atoms with Crippen LogP contribution in [-0.4, -0.2) is 42.2 Å². The largest absolute Gasteiger partial charge is 0.394 e. The summed E-state index contributed by atoms with van der Waals surface area (Å²) in [5, 5.41) is 12.3. The van der Waals surface area contributed by atoms with Crippen LogP contribution in [0.25, 0.3) is 0 Å². The van der Waals surface area contributed by atoms with E-state index in [0.29, 0.717) is 26.1 Å². The monoisotopic (exact) mass is 231 g/mol. The van der Waals surface area contributed by atoms with E-state index >= 15 is 0 Å². The molecule has 0 saturated heterocycles. The van der Waals surface area contributed by atoms with Crippen LogP contribution in [0.2, 0.25) is 0 Å². The second-order valence-corrected chi connectivity index (χ2v) is 4.04. The zero-order chi connectivity index (χ0) is 12.2. The quantitative estimate of drug-likeness (QED) is 0.650. The Bertz CT molecular complexity index is 246. The summed E-state index contributed by atoms with van der Waals surface area (Å²) in [5.41, 5.74) is -0.787. The van der Waals surface area contributed by atoms with Gasteiger partial charge in [0, 0.05) is 26.6 Å². The van der Waals surface area contributed by atoms with Gasteiger partial charge in [-0.2, -0.15) is 0 Å². The third-order valence-electron chi connectivity index (χ3n) is 3.05. The molecule has 1 atom stereocenters. The van der Waals surface area contributed by atoms with Crippen molar-refractivity contribution in [1.29, 1.82) is 0 Å². The predicted octanol–water partition coefficient (Wildman–Crippen LogP) is 0.417. The molecule has 0 aliphatic heterocycles. The number of rotatable bonds is 6. The lowest BCUT2D eigenvalue weighted by Gasteiger charge is -2.56. The normalized spacial score (nSPS) is 27.2. The Hall–Kier alpha value is -0.650. The van der Waals surface area contributed by atoms with Crippen molar-refractivity contribution in [1.82, 2.24) is 5.32 Å². The van der Waals surface area contributed by atoms with Crippen LogP contribution in [0.5, 0.6) is 0 Å². The summed E-state index contributed by atoms with van der Waals surface area (Å²) in [7, 11) is 0. The van der Waals surface area contributed by atoms with Gasteiger partial charge in [0.1, 0.15) is 5.54 Å². The standard InChI is InChI=1S/C11H21NO4/c1-4-15-11(16-5-2)7-6-10(11,8-13)12-9(3)14/h13H,4-8H2,1-3H3,(H,12,14). The van der Waals surface area contributed by atoms with Crippen LogP contribution in [0, 0.1) is 0 Å². The van der Waals surface area contributed by atoms with Gasteiger partial charge in [0.2, 0.25) is 5.91 Å². The molecule has 1 rings (SSSR count). The lowest BCUT2D eigenvalue weighted by atomic mass is 9.70. The van der Waals surface area contributed by atoms with Gasteiger partial charge in [0.25, 0.3) is 0 Å². The fourth-order valence-electron chi connectivity index (χ4n) is 2.29. The molecule has 16 heavy (non-hydrogen) atoms. The molecule has 0 aromatic rings. The van der Waals surface area contributed by atoms with Crippen molar-refractivity contribution in [3.63, 3.8) is 0 Å². The van der Waals surface area contributed by atoms with Crippen molar-refractivity contribution in [3.8, 4) is 0 Å². The molecule has 5 heteroatoms. The van der Waals surface area contributed by atoms with Gasteiger partial charge in [0.05, 0.1) is 6.61 Å². The molecule has 1 aliphatic carbocycles. The van der Waals surface area contributed by atoms with Crippen molar-refractivity contribution in [2.45, 2.75) is 44.9 Å². The Morgan fingerprint density at radius 3 is 2.12 bits per heavy atom. The van der Waals surface area contributed by atoms with Crippen molar-refractivity contribution < 1.29 is 19.4 Å². The van der Waals surface area contributed by atoms with E-state index in [1.165, 1.54) is 6.92 Å². The topological polar surface area (TPSA) is 67.8 Å². The molecule has 1 unspecified atom stereocenters. The number of amides is 1. The molecule has 1 fully saturated rings. The number of aliphatic hydroxyl groups is 1. The maximum atomic E-state index is 11.2. The van der Waals surface area contributed by atoms with Crippen molar-refractivity contribution in [2.75, 3.05) is 19.8 Å². The Balaban J connectivity index is 2.86. The summed E-state index contributed by atoms with van der Waals surface area (Å²) < 4.78 is 11.2. The summed E-state index contributed by atoms with van der Waals surface area (Å²) in [5.74, 6) is -1.05.